The van der Waals surface area contributed by atoms with Crippen LogP contribution < -0.4 is 4.74 Å². The first-order valence-corrected chi connectivity index (χ1v) is 6.91. The lowest BCUT2D eigenvalue weighted by atomic mass is 9.98. The second-order valence-electron chi connectivity index (χ2n) is 4.89. The molecule has 3 heteroatoms. The van der Waals surface area contributed by atoms with Crippen molar-refractivity contribution in [3.05, 3.63) is 35.6 Å². The Hall–Kier alpha value is -1.28. The minimum atomic E-state index is 0.383. The zero-order valence-corrected chi connectivity index (χ0v) is 11.0. The molecule has 0 unspecified atom stereocenters. The number of nitrogens with zero attached hydrogens (tertiary/aromatic N) is 1. The van der Waals surface area contributed by atoms with Gasteiger partial charge in [-0.3, -0.25) is 0 Å². The van der Waals surface area contributed by atoms with E-state index in [-0.39, 0.29) is 0 Å². The SMILES string of the molecule is Clc1cc2cc(OC3CCCCC3)ccc2cn1. The molecule has 1 aromatic heterocycles. The number of halogens is 1. The summed E-state index contributed by atoms with van der Waals surface area (Å²) >= 11 is 5.91. The molecule has 0 saturated heterocycles. The van der Waals surface area contributed by atoms with Gasteiger partial charge in [-0.15, -0.1) is 0 Å². The van der Waals surface area contributed by atoms with E-state index in [2.05, 4.69) is 11.1 Å². The topological polar surface area (TPSA) is 22.1 Å². The summed E-state index contributed by atoms with van der Waals surface area (Å²) in [7, 11) is 0. The maximum absolute atomic E-state index is 6.04. The van der Waals surface area contributed by atoms with Crippen molar-refractivity contribution in [3.8, 4) is 5.75 Å². The number of aromatic nitrogens is 1. The fraction of sp³-hybridized carbons (Fsp3) is 0.400. The smallest absolute Gasteiger partial charge is 0.129 e. The van der Waals surface area contributed by atoms with E-state index in [1.54, 1.807) is 6.20 Å². The molecule has 0 radical (unpaired) electrons. The molecular formula is C15H16ClNO. The summed E-state index contributed by atoms with van der Waals surface area (Å²) in [5.74, 6) is 0.941. The van der Waals surface area contributed by atoms with Gasteiger partial charge in [-0.25, -0.2) is 4.98 Å². The van der Waals surface area contributed by atoms with E-state index in [0.29, 0.717) is 11.3 Å². The fourth-order valence-electron chi connectivity index (χ4n) is 2.54. The monoisotopic (exact) mass is 261 g/mol. The molecule has 1 heterocycles. The van der Waals surface area contributed by atoms with Crippen molar-refractivity contribution >= 4 is 22.4 Å². The molecular weight excluding hydrogens is 246 g/mol. The van der Waals surface area contributed by atoms with Crippen LogP contribution in [0, 0.1) is 0 Å². The van der Waals surface area contributed by atoms with E-state index in [9.17, 15) is 0 Å². The highest BCUT2D eigenvalue weighted by atomic mass is 35.5. The van der Waals surface area contributed by atoms with Gasteiger partial charge in [0.15, 0.2) is 0 Å². The predicted molar refractivity (Wildman–Crippen MR) is 74.3 cm³/mol. The van der Waals surface area contributed by atoms with E-state index in [1.807, 2.05) is 18.2 Å². The number of hydrogen-bond acceptors (Lipinski definition) is 2. The van der Waals surface area contributed by atoms with Crippen LogP contribution in [0.25, 0.3) is 10.8 Å². The van der Waals surface area contributed by atoms with E-state index < -0.39 is 0 Å². The fourth-order valence-corrected chi connectivity index (χ4v) is 2.71. The predicted octanol–water partition coefficient (Wildman–Crippen LogP) is 4.60. The van der Waals surface area contributed by atoms with Gasteiger partial charge in [0.2, 0.25) is 0 Å². The molecule has 0 spiro atoms. The number of hydrogen-bond donors (Lipinski definition) is 0. The lowest BCUT2D eigenvalue weighted by Gasteiger charge is -2.23. The molecule has 0 N–H and O–H groups in total. The Bertz CT molecular complexity index is 549. The third-order valence-electron chi connectivity index (χ3n) is 3.51. The lowest BCUT2D eigenvalue weighted by Crippen LogP contribution is -2.19. The van der Waals surface area contributed by atoms with E-state index in [1.165, 1.54) is 32.1 Å². The van der Waals surface area contributed by atoms with Gasteiger partial charge in [0, 0.05) is 11.6 Å². The second kappa shape index (κ2) is 5.15. The van der Waals surface area contributed by atoms with Gasteiger partial charge in [0.25, 0.3) is 0 Å². The van der Waals surface area contributed by atoms with Crippen LogP contribution in [0.2, 0.25) is 5.15 Å². The van der Waals surface area contributed by atoms with Crippen LogP contribution in [0.5, 0.6) is 5.75 Å². The molecule has 1 aliphatic carbocycles. The van der Waals surface area contributed by atoms with Crippen LogP contribution in [-0.2, 0) is 0 Å². The third kappa shape index (κ3) is 2.59. The first-order chi connectivity index (χ1) is 8.81. The summed E-state index contributed by atoms with van der Waals surface area (Å²) in [6.07, 6.45) is 8.45. The minimum Gasteiger partial charge on any atom is -0.490 e. The van der Waals surface area contributed by atoms with Crippen molar-refractivity contribution in [2.45, 2.75) is 38.2 Å². The van der Waals surface area contributed by atoms with E-state index >= 15 is 0 Å². The number of fused-ring (bicyclic) bond motifs is 1. The molecule has 1 fully saturated rings. The molecule has 94 valence electrons. The zero-order valence-electron chi connectivity index (χ0n) is 10.2. The highest BCUT2D eigenvalue weighted by molar-refractivity contribution is 6.30. The van der Waals surface area contributed by atoms with Crippen molar-refractivity contribution in [2.75, 3.05) is 0 Å². The summed E-state index contributed by atoms with van der Waals surface area (Å²) < 4.78 is 6.04. The average molecular weight is 262 g/mol. The normalized spacial score (nSPS) is 16.9. The molecule has 1 saturated carbocycles. The Morgan fingerprint density at radius 1 is 1.06 bits per heavy atom. The van der Waals surface area contributed by atoms with Gasteiger partial charge in [0.1, 0.15) is 10.9 Å². The Balaban J connectivity index is 1.83. The van der Waals surface area contributed by atoms with Crippen molar-refractivity contribution in [1.29, 1.82) is 0 Å². The first kappa shape index (κ1) is 11.8. The Kier molecular flexibility index (Phi) is 3.37. The number of ether oxygens (including phenoxy) is 1. The van der Waals surface area contributed by atoms with Gasteiger partial charge in [0.05, 0.1) is 6.10 Å². The molecule has 1 aromatic carbocycles. The maximum Gasteiger partial charge on any atom is 0.129 e. The summed E-state index contributed by atoms with van der Waals surface area (Å²) in [4.78, 5) is 4.08. The van der Waals surface area contributed by atoms with Gasteiger partial charge in [-0.05, 0) is 55.3 Å². The highest BCUT2D eigenvalue weighted by Crippen LogP contribution is 2.26. The third-order valence-corrected chi connectivity index (χ3v) is 3.72. The molecule has 0 bridgehead atoms. The lowest BCUT2D eigenvalue weighted by molar-refractivity contribution is 0.155. The van der Waals surface area contributed by atoms with Crippen molar-refractivity contribution < 1.29 is 4.74 Å². The highest BCUT2D eigenvalue weighted by Gasteiger charge is 2.14. The minimum absolute atomic E-state index is 0.383. The molecule has 18 heavy (non-hydrogen) atoms. The maximum atomic E-state index is 6.04. The first-order valence-electron chi connectivity index (χ1n) is 6.53. The molecule has 2 nitrogen and oxygen atoms in total. The van der Waals surface area contributed by atoms with Crippen LogP contribution in [0.15, 0.2) is 30.5 Å². The molecule has 0 aliphatic heterocycles. The standard InChI is InChI=1S/C15H16ClNO/c16-15-9-12-8-14(7-6-11(12)10-17-15)18-13-4-2-1-3-5-13/h6-10,13H,1-5H2. The van der Waals surface area contributed by atoms with Gasteiger partial charge >= 0.3 is 0 Å². The summed E-state index contributed by atoms with van der Waals surface area (Å²) in [6, 6.07) is 7.99. The Morgan fingerprint density at radius 2 is 1.89 bits per heavy atom. The van der Waals surface area contributed by atoms with Gasteiger partial charge < -0.3 is 4.74 Å². The van der Waals surface area contributed by atoms with E-state index in [0.717, 1.165) is 16.5 Å². The van der Waals surface area contributed by atoms with Gasteiger partial charge in [-0.1, -0.05) is 18.0 Å². The van der Waals surface area contributed by atoms with Crippen molar-refractivity contribution in [2.24, 2.45) is 0 Å². The number of pyridine rings is 1. The average Bonchev–Trinajstić information content (AvgIpc) is 2.39. The van der Waals surface area contributed by atoms with E-state index in [4.69, 9.17) is 16.3 Å². The molecule has 3 rings (SSSR count). The second-order valence-corrected chi connectivity index (χ2v) is 5.28. The summed E-state index contributed by atoms with van der Waals surface area (Å²) in [5.41, 5.74) is 0. The molecule has 1 aliphatic rings. The number of rotatable bonds is 2. The van der Waals surface area contributed by atoms with Gasteiger partial charge in [-0.2, -0.15) is 0 Å². The van der Waals surface area contributed by atoms with Crippen LogP contribution in [0.3, 0.4) is 0 Å². The quantitative estimate of drug-likeness (QED) is 0.737. The van der Waals surface area contributed by atoms with Crippen LogP contribution in [-0.4, -0.2) is 11.1 Å². The van der Waals surface area contributed by atoms with Crippen LogP contribution >= 0.6 is 11.6 Å². The van der Waals surface area contributed by atoms with Crippen molar-refractivity contribution in [1.82, 2.24) is 4.98 Å². The Morgan fingerprint density at radius 3 is 2.72 bits per heavy atom. The number of benzene rings is 1. The summed E-state index contributed by atoms with van der Waals surface area (Å²) in [6.45, 7) is 0. The van der Waals surface area contributed by atoms with Crippen LogP contribution in [0.1, 0.15) is 32.1 Å². The molecule has 0 amide bonds. The zero-order chi connectivity index (χ0) is 12.4. The van der Waals surface area contributed by atoms with Crippen molar-refractivity contribution in [3.63, 3.8) is 0 Å². The molecule has 0 atom stereocenters. The Labute approximate surface area is 112 Å². The largest absolute Gasteiger partial charge is 0.490 e. The summed E-state index contributed by atoms with van der Waals surface area (Å²) in [5, 5.41) is 2.70. The van der Waals surface area contributed by atoms with Crippen LogP contribution in [0.4, 0.5) is 0 Å². The molecule has 2 aromatic rings.